The Morgan fingerprint density at radius 3 is 2.41 bits per heavy atom. The summed E-state index contributed by atoms with van der Waals surface area (Å²) < 4.78 is 10.1. The summed E-state index contributed by atoms with van der Waals surface area (Å²) in [6.07, 6.45) is 0.0300. The largest absolute Gasteiger partial charge is 0.422 e. The lowest BCUT2D eigenvalue weighted by Gasteiger charge is -2.00. The van der Waals surface area contributed by atoms with E-state index in [9.17, 15) is 0 Å². The van der Waals surface area contributed by atoms with Crippen LogP contribution in [0, 0.1) is 0 Å². The molecule has 17 heavy (non-hydrogen) atoms. The topological polar surface area (TPSA) is 48.2 Å². The first-order valence-corrected chi connectivity index (χ1v) is 5.63. The zero-order valence-corrected chi connectivity index (χ0v) is 10.3. The molecule has 0 saturated heterocycles. The van der Waals surface area contributed by atoms with Crippen molar-refractivity contribution in [2.45, 2.75) is 13.2 Å². The third-order valence-electron chi connectivity index (χ3n) is 1.63. The zero-order valence-electron chi connectivity index (χ0n) is 7.85. The second-order valence-electron chi connectivity index (χ2n) is 2.84. The first-order valence-electron chi connectivity index (χ1n) is 4.25. The standard InChI is InChI=1S/C9H6Cl2N2O2S.CH4/c10-5-1-6(11)3-7(2-5)14-9-12-8(4-16)13-15-9;/h1-3,16H,4H2;1H4. The van der Waals surface area contributed by atoms with Gasteiger partial charge in [-0.2, -0.15) is 17.6 Å². The summed E-state index contributed by atoms with van der Waals surface area (Å²) in [7, 11) is 0. The molecule has 0 aliphatic rings. The third kappa shape index (κ3) is 3.80. The second kappa shape index (κ2) is 6.14. The smallest absolute Gasteiger partial charge is 0.410 e. The maximum absolute atomic E-state index is 5.81. The Morgan fingerprint density at radius 1 is 1.24 bits per heavy atom. The predicted octanol–water partition coefficient (Wildman–Crippen LogP) is 4.23. The summed E-state index contributed by atoms with van der Waals surface area (Å²) in [5.74, 6) is 1.27. The first-order chi connectivity index (χ1) is 7.67. The van der Waals surface area contributed by atoms with Gasteiger partial charge in [-0.3, -0.25) is 4.52 Å². The molecule has 1 aromatic heterocycles. The Bertz CT molecular complexity index is 485. The van der Waals surface area contributed by atoms with Gasteiger partial charge in [0.2, 0.25) is 0 Å². The quantitative estimate of drug-likeness (QED) is 0.860. The Morgan fingerprint density at radius 2 is 1.88 bits per heavy atom. The summed E-state index contributed by atoms with van der Waals surface area (Å²) in [6, 6.07) is 4.79. The first kappa shape index (κ1) is 14.2. The van der Waals surface area contributed by atoms with Crippen molar-refractivity contribution < 1.29 is 9.26 Å². The summed E-state index contributed by atoms with van der Waals surface area (Å²) in [5, 5.41) is 4.56. The molecular weight excluding hydrogens is 283 g/mol. The number of rotatable bonds is 3. The summed E-state index contributed by atoms with van der Waals surface area (Å²) in [5.41, 5.74) is 0. The van der Waals surface area contributed by atoms with Crippen LogP contribution in [0.5, 0.6) is 11.8 Å². The van der Waals surface area contributed by atoms with E-state index in [0.717, 1.165) is 0 Å². The molecule has 0 N–H and O–H groups in total. The van der Waals surface area contributed by atoms with Crippen molar-refractivity contribution in [2.75, 3.05) is 0 Å². The van der Waals surface area contributed by atoms with E-state index in [2.05, 4.69) is 22.8 Å². The van der Waals surface area contributed by atoms with Gasteiger partial charge in [0.15, 0.2) is 5.82 Å². The molecule has 0 aliphatic heterocycles. The fraction of sp³-hybridized carbons (Fsp3) is 0.200. The van der Waals surface area contributed by atoms with E-state index in [0.29, 0.717) is 27.4 Å². The van der Waals surface area contributed by atoms with Crippen molar-refractivity contribution in [1.82, 2.24) is 10.1 Å². The van der Waals surface area contributed by atoms with Gasteiger partial charge in [-0.05, 0) is 18.2 Å². The number of benzene rings is 1. The van der Waals surface area contributed by atoms with Crippen LogP contribution in [0.3, 0.4) is 0 Å². The van der Waals surface area contributed by atoms with Crippen molar-refractivity contribution >= 4 is 35.8 Å². The van der Waals surface area contributed by atoms with Crippen molar-refractivity contribution in [3.05, 3.63) is 34.1 Å². The number of hydrogen-bond acceptors (Lipinski definition) is 5. The Balaban J connectivity index is 0.00000144. The molecule has 1 heterocycles. The van der Waals surface area contributed by atoms with Gasteiger partial charge < -0.3 is 4.74 Å². The molecule has 1 aromatic carbocycles. The van der Waals surface area contributed by atoms with Gasteiger partial charge in [0.1, 0.15) is 5.75 Å². The van der Waals surface area contributed by atoms with E-state index in [-0.39, 0.29) is 13.5 Å². The maximum Gasteiger partial charge on any atom is 0.422 e. The van der Waals surface area contributed by atoms with Gasteiger partial charge in [-0.15, -0.1) is 0 Å². The number of halogens is 2. The summed E-state index contributed by atoms with van der Waals surface area (Å²) in [6.45, 7) is 0. The van der Waals surface area contributed by atoms with Crippen LogP contribution in [0.1, 0.15) is 13.3 Å². The molecule has 0 bridgehead atoms. The minimum atomic E-state index is 0. The van der Waals surface area contributed by atoms with Crippen molar-refractivity contribution in [3.8, 4) is 11.8 Å². The molecule has 0 unspecified atom stereocenters. The minimum Gasteiger partial charge on any atom is -0.410 e. The highest BCUT2D eigenvalue weighted by atomic mass is 35.5. The molecule has 0 atom stereocenters. The SMILES string of the molecule is C.SCc1noc(Oc2cc(Cl)cc(Cl)c2)n1. The lowest BCUT2D eigenvalue weighted by molar-refractivity contribution is 0.279. The van der Waals surface area contributed by atoms with Crippen LogP contribution < -0.4 is 4.74 Å². The number of hydrogen-bond donors (Lipinski definition) is 1. The van der Waals surface area contributed by atoms with Gasteiger partial charge in [-0.1, -0.05) is 35.8 Å². The third-order valence-corrected chi connectivity index (χ3v) is 2.35. The van der Waals surface area contributed by atoms with Crippen LogP contribution in [0.15, 0.2) is 22.7 Å². The normalized spacial score (nSPS) is 9.82. The molecule has 0 aliphatic carbocycles. The molecule has 0 radical (unpaired) electrons. The Kier molecular flexibility index (Phi) is 5.11. The van der Waals surface area contributed by atoms with E-state index >= 15 is 0 Å². The average Bonchev–Trinajstić information content (AvgIpc) is 2.64. The van der Waals surface area contributed by atoms with Crippen LogP contribution in [-0.4, -0.2) is 10.1 Å². The highest BCUT2D eigenvalue weighted by molar-refractivity contribution is 7.79. The predicted molar refractivity (Wildman–Crippen MR) is 70.3 cm³/mol. The molecule has 0 fully saturated rings. The van der Waals surface area contributed by atoms with E-state index in [1.165, 1.54) is 0 Å². The molecule has 2 aromatic rings. The van der Waals surface area contributed by atoms with Crippen LogP contribution in [0.2, 0.25) is 10.0 Å². The molecule has 92 valence electrons. The van der Waals surface area contributed by atoms with Gasteiger partial charge in [0.05, 0.1) is 5.75 Å². The molecule has 0 spiro atoms. The van der Waals surface area contributed by atoms with Gasteiger partial charge in [-0.25, -0.2) is 0 Å². The fourth-order valence-electron chi connectivity index (χ4n) is 1.03. The van der Waals surface area contributed by atoms with Crippen LogP contribution in [-0.2, 0) is 5.75 Å². The van der Waals surface area contributed by atoms with Crippen molar-refractivity contribution in [3.63, 3.8) is 0 Å². The molecule has 0 saturated carbocycles. The lowest BCUT2D eigenvalue weighted by atomic mass is 10.3. The lowest BCUT2D eigenvalue weighted by Crippen LogP contribution is -1.85. The monoisotopic (exact) mass is 292 g/mol. The number of nitrogens with zero attached hydrogens (tertiary/aromatic N) is 2. The van der Waals surface area contributed by atoms with Crippen LogP contribution in [0.25, 0.3) is 0 Å². The van der Waals surface area contributed by atoms with Crippen molar-refractivity contribution in [2.24, 2.45) is 0 Å². The van der Waals surface area contributed by atoms with Crippen LogP contribution in [0.4, 0.5) is 0 Å². The van der Waals surface area contributed by atoms with Crippen molar-refractivity contribution in [1.29, 1.82) is 0 Å². The van der Waals surface area contributed by atoms with Gasteiger partial charge in [0, 0.05) is 10.0 Å². The molecule has 2 rings (SSSR count). The minimum absolute atomic E-state index is 0. The van der Waals surface area contributed by atoms with Gasteiger partial charge >= 0.3 is 6.08 Å². The number of ether oxygens (including phenoxy) is 1. The Hall–Kier alpha value is -0.910. The van der Waals surface area contributed by atoms with E-state index < -0.39 is 0 Å². The molecule has 0 amide bonds. The van der Waals surface area contributed by atoms with E-state index in [1.54, 1.807) is 18.2 Å². The van der Waals surface area contributed by atoms with Crippen LogP contribution >= 0.6 is 35.8 Å². The van der Waals surface area contributed by atoms with E-state index in [1.807, 2.05) is 0 Å². The number of thiol groups is 1. The summed E-state index contributed by atoms with van der Waals surface area (Å²) >= 11 is 15.6. The highest BCUT2D eigenvalue weighted by Gasteiger charge is 2.08. The van der Waals surface area contributed by atoms with Gasteiger partial charge in [0.25, 0.3) is 0 Å². The second-order valence-corrected chi connectivity index (χ2v) is 4.03. The fourth-order valence-corrected chi connectivity index (χ4v) is 1.67. The molecule has 4 nitrogen and oxygen atoms in total. The highest BCUT2D eigenvalue weighted by Crippen LogP contribution is 2.27. The molecule has 7 heteroatoms. The zero-order chi connectivity index (χ0) is 11.5. The van der Waals surface area contributed by atoms with E-state index in [4.69, 9.17) is 32.5 Å². The average molecular weight is 293 g/mol. The summed E-state index contributed by atoms with van der Waals surface area (Å²) in [4.78, 5) is 3.92. The molecular formula is C10H10Cl2N2O2S. The maximum atomic E-state index is 5.81. The number of aromatic nitrogens is 2. The Labute approximate surface area is 114 Å².